The Morgan fingerprint density at radius 2 is 1.91 bits per heavy atom. The van der Waals surface area contributed by atoms with Crippen molar-refractivity contribution >= 4 is 32.7 Å². The Labute approximate surface area is 134 Å². The lowest BCUT2D eigenvalue weighted by Gasteiger charge is -2.05. The molecule has 0 aliphatic heterocycles. The molecule has 0 amide bonds. The Morgan fingerprint density at radius 3 is 2.70 bits per heavy atom. The standard InChI is InChI=1S/C15H13N5O2S/c1-18-13-12(14(21)19(2)15(18)22)20(8-16-13)7-11-17-9-5-3-4-6-10(9)23-11/h3-6,8H,7H2,1-2H3. The Bertz CT molecular complexity index is 1130. The number of imidazole rings is 1. The Morgan fingerprint density at radius 1 is 1.13 bits per heavy atom. The molecule has 116 valence electrons. The zero-order valence-corrected chi connectivity index (χ0v) is 13.4. The zero-order valence-electron chi connectivity index (χ0n) is 12.6. The van der Waals surface area contributed by atoms with E-state index in [0.29, 0.717) is 17.7 Å². The number of rotatable bonds is 2. The maximum absolute atomic E-state index is 12.4. The summed E-state index contributed by atoms with van der Waals surface area (Å²) in [6.07, 6.45) is 1.58. The fourth-order valence-electron chi connectivity index (χ4n) is 2.65. The van der Waals surface area contributed by atoms with Crippen LogP contribution in [0.15, 0.2) is 40.2 Å². The molecule has 0 unspecified atom stereocenters. The van der Waals surface area contributed by atoms with Gasteiger partial charge in [0.2, 0.25) is 0 Å². The van der Waals surface area contributed by atoms with Crippen LogP contribution in [0.4, 0.5) is 0 Å². The van der Waals surface area contributed by atoms with Crippen molar-refractivity contribution < 1.29 is 0 Å². The van der Waals surface area contributed by atoms with Gasteiger partial charge in [-0.3, -0.25) is 13.9 Å². The van der Waals surface area contributed by atoms with E-state index in [1.165, 1.54) is 11.6 Å². The third-order valence-corrected chi connectivity index (χ3v) is 4.88. The van der Waals surface area contributed by atoms with Gasteiger partial charge in [-0.1, -0.05) is 12.1 Å². The zero-order chi connectivity index (χ0) is 16.1. The largest absolute Gasteiger partial charge is 0.332 e. The molecule has 4 aromatic rings. The van der Waals surface area contributed by atoms with E-state index in [1.54, 1.807) is 29.3 Å². The Kier molecular flexibility index (Phi) is 2.95. The molecule has 8 heteroatoms. The number of fused-ring (bicyclic) bond motifs is 2. The van der Waals surface area contributed by atoms with Gasteiger partial charge in [-0.2, -0.15) is 0 Å². The summed E-state index contributed by atoms with van der Waals surface area (Å²) in [5.41, 5.74) is 1.01. The van der Waals surface area contributed by atoms with Gasteiger partial charge in [0, 0.05) is 14.1 Å². The molecule has 0 bridgehead atoms. The average molecular weight is 327 g/mol. The summed E-state index contributed by atoms with van der Waals surface area (Å²) in [5, 5.41) is 0.890. The van der Waals surface area contributed by atoms with Crippen LogP contribution in [0.2, 0.25) is 0 Å². The number of benzene rings is 1. The molecule has 0 aliphatic carbocycles. The summed E-state index contributed by atoms with van der Waals surface area (Å²) in [6.45, 7) is 0.448. The minimum atomic E-state index is -0.382. The van der Waals surface area contributed by atoms with Gasteiger partial charge in [0.05, 0.1) is 23.1 Å². The molecular formula is C15H13N5O2S. The smallest absolute Gasteiger partial charge is 0.318 e. The molecule has 3 heterocycles. The molecule has 0 N–H and O–H groups in total. The summed E-state index contributed by atoms with van der Waals surface area (Å²) >= 11 is 1.58. The van der Waals surface area contributed by atoms with Crippen molar-refractivity contribution in [3.8, 4) is 0 Å². The van der Waals surface area contributed by atoms with Crippen molar-refractivity contribution in [2.24, 2.45) is 14.1 Å². The first-order chi connectivity index (χ1) is 11.1. The highest BCUT2D eigenvalue weighted by molar-refractivity contribution is 7.18. The van der Waals surface area contributed by atoms with Crippen LogP contribution in [0.25, 0.3) is 21.4 Å². The van der Waals surface area contributed by atoms with Crippen molar-refractivity contribution in [1.82, 2.24) is 23.7 Å². The quantitative estimate of drug-likeness (QED) is 0.552. The molecule has 3 aromatic heterocycles. The molecule has 0 aliphatic rings. The van der Waals surface area contributed by atoms with Crippen LogP contribution in [-0.4, -0.2) is 23.7 Å². The minimum absolute atomic E-state index is 0.346. The first-order valence-electron chi connectivity index (χ1n) is 7.01. The highest BCUT2D eigenvalue weighted by Gasteiger charge is 2.15. The van der Waals surface area contributed by atoms with Crippen molar-refractivity contribution in [3.63, 3.8) is 0 Å². The predicted molar refractivity (Wildman–Crippen MR) is 88.9 cm³/mol. The summed E-state index contributed by atoms with van der Waals surface area (Å²) < 4.78 is 5.33. The Balaban J connectivity index is 1.89. The molecule has 0 radical (unpaired) electrons. The summed E-state index contributed by atoms with van der Waals surface area (Å²) in [5.74, 6) is 0. The predicted octanol–water partition coefficient (Wildman–Crippen LogP) is 1.09. The van der Waals surface area contributed by atoms with Crippen LogP contribution in [0.1, 0.15) is 5.01 Å². The van der Waals surface area contributed by atoms with E-state index in [-0.39, 0.29) is 11.2 Å². The number of nitrogens with zero attached hydrogens (tertiary/aromatic N) is 5. The highest BCUT2D eigenvalue weighted by atomic mass is 32.1. The van der Waals surface area contributed by atoms with Crippen LogP contribution >= 0.6 is 11.3 Å². The number of para-hydroxylation sites is 1. The molecular weight excluding hydrogens is 314 g/mol. The number of thiazole rings is 1. The van der Waals surface area contributed by atoms with Gasteiger partial charge in [0.15, 0.2) is 11.2 Å². The van der Waals surface area contributed by atoms with Crippen molar-refractivity contribution in [2.75, 3.05) is 0 Å². The maximum atomic E-state index is 12.4. The van der Waals surface area contributed by atoms with Gasteiger partial charge < -0.3 is 4.57 Å². The van der Waals surface area contributed by atoms with Crippen LogP contribution < -0.4 is 11.2 Å². The van der Waals surface area contributed by atoms with E-state index < -0.39 is 0 Å². The second-order valence-electron chi connectivity index (χ2n) is 5.33. The monoisotopic (exact) mass is 327 g/mol. The minimum Gasteiger partial charge on any atom is -0.318 e. The molecule has 0 saturated heterocycles. The van der Waals surface area contributed by atoms with Gasteiger partial charge in [0.1, 0.15) is 5.01 Å². The fraction of sp³-hybridized carbons (Fsp3) is 0.200. The molecule has 0 atom stereocenters. The lowest BCUT2D eigenvalue weighted by Crippen LogP contribution is -2.37. The van der Waals surface area contributed by atoms with Gasteiger partial charge >= 0.3 is 5.69 Å². The third-order valence-electron chi connectivity index (χ3n) is 3.86. The molecule has 7 nitrogen and oxygen atoms in total. The second-order valence-corrected chi connectivity index (χ2v) is 6.44. The molecule has 23 heavy (non-hydrogen) atoms. The molecule has 1 aromatic carbocycles. The average Bonchev–Trinajstić information content (AvgIpc) is 3.14. The molecule has 0 spiro atoms. The van der Waals surface area contributed by atoms with Crippen molar-refractivity contribution in [1.29, 1.82) is 0 Å². The first-order valence-corrected chi connectivity index (χ1v) is 7.83. The molecule has 0 fully saturated rings. The highest BCUT2D eigenvalue weighted by Crippen LogP contribution is 2.22. The van der Waals surface area contributed by atoms with Crippen LogP contribution in [-0.2, 0) is 20.6 Å². The van der Waals surface area contributed by atoms with Gasteiger partial charge in [-0.15, -0.1) is 11.3 Å². The van der Waals surface area contributed by atoms with Gasteiger partial charge in [-0.05, 0) is 12.1 Å². The topological polar surface area (TPSA) is 74.7 Å². The number of hydrogen-bond acceptors (Lipinski definition) is 5. The molecule has 0 saturated carbocycles. The third kappa shape index (κ3) is 2.02. The second kappa shape index (κ2) is 4.88. The van der Waals surface area contributed by atoms with E-state index in [2.05, 4.69) is 9.97 Å². The first kappa shape index (κ1) is 13.9. The van der Waals surface area contributed by atoms with Crippen molar-refractivity contribution in [2.45, 2.75) is 6.54 Å². The van der Waals surface area contributed by atoms with Crippen LogP contribution in [0.5, 0.6) is 0 Å². The lowest BCUT2D eigenvalue weighted by molar-refractivity contribution is 0.702. The molecule has 4 rings (SSSR count). The fourth-order valence-corrected chi connectivity index (χ4v) is 3.62. The van der Waals surface area contributed by atoms with E-state index >= 15 is 0 Å². The number of hydrogen-bond donors (Lipinski definition) is 0. The Hall–Kier alpha value is -2.74. The van der Waals surface area contributed by atoms with E-state index in [0.717, 1.165) is 19.8 Å². The normalized spacial score (nSPS) is 11.6. The summed E-state index contributed by atoms with van der Waals surface area (Å²) in [6, 6.07) is 7.90. The van der Waals surface area contributed by atoms with Gasteiger partial charge in [0.25, 0.3) is 5.56 Å². The van der Waals surface area contributed by atoms with Crippen LogP contribution in [0, 0.1) is 0 Å². The van der Waals surface area contributed by atoms with Crippen LogP contribution in [0.3, 0.4) is 0 Å². The summed E-state index contributed by atoms with van der Waals surface area (Å²) in [4.78, 5) is 33.2. The number of aryl methyl sites for hydroxylation is 1. The van der Waals surface area contributed by atoms with E-state index in [1.807, 2.05) is 24.3 Å². The van der Waals surface area contributed by atoms with E-state index in [4.69, 9.17) is 0 Å². The number of aromatic nitrogens is 5. The lowest BCUT2D eigenvalue weighted by atomic mass is 10.3. The van der Waals surface area contributed by atoms with Gasteiger partial charge in [-0.25, -0.2) is 14.8 Å². The van der Waals surface area contributed by atoms with Crippen molar-refractivity contribution in [3.05, 3.63) is 56.4 Å². The SMILES string of the molecule is Cn1c(=O)c2c(ncn2Cc2nc3ccccc3s2)n(C)c1=O. The van der Waals surface area contributed by atoms with E-state index in [9.17, 15) is 9.59 Å². The maximum Gasteiger partial charge on any atom is 0.332 e. The summed E-state index contributed by atoms with van der Waals surface area (Å²) in [7, 11) is 3.08.